The maximum atomic E-state index is 4.76. The fourth-order valence-corrected chi connectivity index (χ4v) is 6.12. The van der Waals surface area contributed by atoms with Crippen LogP contribution in [0, 0.1) is 0 Å². The molecule has 2 heteroatoms. The first-order valence-corrected chi connectivity index (χ1v) is 14.0. The van der Waals surface area contributed by atoms with Crippen molar-refractivity contribution in [1.82, 2.24) is 4.98 Å². The van der Waals surface area contributed by atoms with Gasteiger partial charge in [0.2, 0.25) is 0 Å². The summed E-state index contributed by atoms with van der Waals surface area (Å²) >= 11 is 0. The zero-order valence-corrected chi connectivity index (χ0v) is 22.4. The Labute approximate surface area is 239 Å². The van der Waals surface area contributed by atoms with Crippen LogP contribution in [0.25, 0.3) is 55.3 Å². The van der Waals surface area contributed by atoms with Crippen molar-refractivity contribution in [1.29, 1.82) is 0 Å². The van der Waals surface area contributed by atoms with Gasteiger partial charge in [-0.25, -0.2) is 0 Å². The van der Waals surface area contributed by atoms with Gasteiger partial charge in [-0.15, -0.1) is 0 Å². The lowest BCUT2D eigenvalue weighted by Gasteiger charge is -2.34. The Morgan fingerprint density at radius 3 is 1.54 bits per heavy atom. The van der Waals surface area contributed by atoms with Crippen molar-refractivity contribution in [2.75, 3.05) is 4.90 Å². The van der Waals surface area contributed by atoms with Crippen LogP contribution in [0.4, 0.5) is 17.1 Å². The Morgan fingerprint density at radius 1 is 0.390 bits per heavy atom. The van der Waals surface area contributed by atoms with Crippen molar-refractivity contribution < 1.29 is 0 Å². The summed E-state index contributed by atoms with van der Waals surface area (Å²) in [5.41, 5.74) is 13.0. The number of anilines is 3. The normalized spacial score (nSPS) is 11.9. The summed E-state index contributed by atoms with van der Waals surface area (Å²) < 4.78 is 0. The van der Waals surface area contributed by atoms with E-state index in [2.05, 4.69) is 150 Å². The zero-order valence-electron chi connectivity index (χ0n) is 22.4. The lowest BCUT2D eigenvalue weighted by Crippen LogP contribution is -2.15. The molecule has 0 spiro atoms. The van der Waals surface area contributed by atoms with Crippen molar-refractivity contribution in [2.45, 2.75) is 0 Å². The summed E-state index contributed by atoms with van der Waals surface area (Å²) in [6.45, 7) is 0. The fraction of sp³-hybridized carbons (Fsp3) is 0. The highest BCUT2D eigenvalue weighted by molar-refractivity contribution is 6.14. The molecule has 0 bridgehead atoms. The Kier molecular flexibility index (Phi) is 5.49. The van der Waals surface area contributed by atoms with E-state index in [4.69, 9.17) is 4.98 Å². The van der Waals surface area contributed by atoms with Gasteiger partial charge in [-0.1, -0.05) is 109 Å². The lowest BCUT2D eigenvalue weighted by molar-refractivity contribution is 1.24. The molecule has 0 amide bonds. The van der Waals surface area contributed by atoms with Crippen LogP contribution in [0.3, 0.4) is 0 Å². The van der Waals surface area contributed by atoms with E-state index in [-0.39, 0.29) is 0 Å². The van der Waals surface area contributed by atoms with Crippen molar-refractivity contribution in [3.05, 3.63) is 158 Å². The first-order valence-electron chi connectivity index (χ1n) is 14.0. The summed E-state index contributed by atoms with van der Waals surface area (Å²) in [6, 6.07) is 52.1. The average molecular weight is 523 g/mol. The standard InChI is InChI=1S/C39H26N2/c1-4-12-27(13-5-1)30-20-31(28-14-6-2-7-15-28)23-34(22-30)41-37-19-11-10-18-35(37)36-24-32(29-16-8-3-9-17-29)21-33-25-40-26-38(41)39(33)36/h1-26H. The van der Waals surface area contributed by atoms with E-state index in [0.29, 0.717) is 0 Å². The first-order chi connectivity index (χ1) is 20.3. The Morgan fingerprint density at radius 2 is 0.927 bits per heavy atom. The second kappa shape index (κ2) is 9.62. The van der Waals surface area contributed by atoms with E-state index in [1.165, 1.54) is 49.9 Å². The number of pyridine rings is 1. The van der Waals surface area contributed by atoms with Gasteiger partial charge in [-0.2, -0.15) is 0 Å². The molecule has 2 nitrogen and oxygen atoms in total. The summed E-state index contributed by atoms with van der Waals surface area (Å²) in [6.07, 6.45) is 4.01. The molecule has 0 saturated heterocycles. The van der Waals surface area contributed by atoms with Gasteiger partial charge in [0.1, 0.15) is 0 Å². The Hall–Kier alpha value is -5.47. The number of nitrogens with zero attached hydrogens (tertiary/aromatic N) is 2. The van der Waals surface area contributed by atoms with Crippen LogP contribution < -0.4 is 4.90 Å². The quantitative estimate of drug-likeness (QED) is 0.228. The molecule has 0 radical (unpaired) electrons. The van der Waals surface area contributed by atoms with Crippen molar-refractivity contribution >= 4 is 27.8 Å². The number of hydrogen-bond donors (Lipinski definition) is 0. The predicted octanol–water partition coefficient (Wildman–Crippen LogP) is 10.7. The molecule has 0 unspecified atom stereocenters. The van der Waals surface area contributed by atoms with Gasteiger partial charge in [-0.05, 0) is 75.3 Å². The fourth-order valence-electron chi connectivity index (χ4n) is 6.12. The Bertz CT molecular complexity index is 1970. The predicted molar refractivity (Wildman–Crippen MR) is 172 cm³/mol. The molecule has 1 aliphatic heterocycles. The number of fused-ring (bicyclic) bond motifs is 2. The maximum Gasteiger partial charge on any atom is 0.0729 e. The van der Waals surface area contributed by atoms with Crippen LogP contribution in [0.2, 0.25) is 0 Å². The van der Waals surface area contributed by atoms with Gasteiger partial charge in [0.25, 0.3) is 0 Å². The van der Waals surface area contributed by atoms with Crippen LogP contribution in [-0.2, 0) is 0 Å². The summed E-state index contributed by atoms with van der Waals surface area (Å²) in [4.78, 5) is 7.15. The van der Waals surface area contributed by atoms with E-state index in [1.54, 1.807) is 0 Å². The van der Waals surface area contributed by atoms with E-state index in [0.717, 1.165) is 22.4 Å². The monoisotopic (exact) mass is 522 g/mol. The van der Waals surface area contributed by atoms with Crippen LogP contribution >= 0.6 is 0 Å². The zero-order chi connectivity index (χ0) is 27.2. The third kappa shape index (κ3) is 4.00. The molecule has 7 aromatic rings. The molecule has 192 valence electrons. The molecule has 0 atom stereocenters. The molecule has 6 aromatic carbocycles. The number of benzene rings is 6. The van der Waals surface area contributed by atoms with Crippen LogP contribution in [0.1, 0.15) is 0 Å². The second-order valence-electron chi connectivity index (χ2n) is 10.5. The largest absolute Gasteiger partial charge is 0.308 e. The molecule has 41 heavy (non-hydrogen) atoms. The molecule has 2 heterocycles. The lowest BCUT2D eigenvalue weighted by atomic mass is 9.88. The van der Waals surface area contributed by atoms with Crippen molar-refractivity contribution in [2.24, 2.45) is 0 Å². The first kappa shape index (κ1) is 23.4. The van der Waals surface area contributed by atoms with Crippen molar-refractivity contribution in [3.8, 4) is 44.5 Å². The topological polar surface area (TPSA) is 16.1 Å². The third-order valence-electron chi connectivity index (χ3n) is 8.01. The molecule has 1 aromatic heterocycles. The smallest absolute Gasteiger partial charge is 0.0729 e. The van der Waals surface area contributed by atoms with Gasteiger partial charge in [0.05, 0.1) is 17.6 Å². The number of hydrogen-bond acceptors (Lipinski definition) is 2. The number of para-hydroxylation sites is 1. The van der Waals surface area contributed by atoms with Crippen LogP contribution in [-0.4, -0.2) is 4.98 Å². The molecule has 0 aliphatic carbocycles. The Balaban J connectivity index is 1.41. The minimum atomic E-state index is 1.10. The molecule has 1 aliphatic rings. The third-order valence-corrected chi connectivity index (χ3v) is 8.01. The SMILES string of the molecule is c1ccc(-c2cc(-c3ccccc3)cc(N3c4ccccc4-c4cc(-c5ccccc5)cc5cncc3c45)c2)cc1. The summed E-state index contributed by atoms with van der Waals surface area (Å²) in [5.74, 6) is 0. The average Bonchev–Trinajstić information content (AvgIpc) is 3.06. The van der Waals surface area contributed by atoms with Crippen molar-refractivity contribution in [3.63, 3.8) is 0 Å². The molecular weight excluding hydrogens is 496 g/mol. The number of aromatic nitrogens is 1. The van der Waals surface area contributed by atoms with Gasteiger partial charge in [-0.3, -0.25) is 4.98 Å². The highest BCUT2D eigenvalue weighted by Gasteiger charge is 2.27. The van der Waals surface area contributed by atoms with Crippen LogP contribution in [0.15, 0.2) is 158 Å². The van der Waals surface area contributed by atoms with E-state index >= 15 is 0 Å². The van der Waals surface area contributed by atoms with Gasteiger partial charge in [0, 0.05) is 28.2 Å². The highest BCUT2D eigenvalue weighted by atomic mass is 15.2. The summed E-state index contributed by atoms with van der Waals surface area (Å²) in [7, 11) is 0. The molecule has 0 fully saturated rings. The second-order valence-corrected chi connectivity index (χ2v) is 10.5. The van der Waals surface area contributed by atoms with E-state index in [1.807, 2.05) is 12.4 Å². The van der Waals surface area contributed by atoms with Gasteiger partial charge < -0.3 is 4.90 Å². The van der Waals surface area contributed by atoms with Gasteiger partial charge >= 0.3 is 0 Å². The highest BCUT2D eigenvalue weighted by Crippen LogP contribution is 2.52. The summed E-state index contributed by atoms with van der Waals surface area (Å²) in [5, 5.41) is 2.37. The van der Waals surface area contributed by atoms with Gasteiger partial charge in [0.15, 0.2) is 0 Å². The van der Waals surface area contributed by atoms with E-state index in [9.17, 15) is 0 Å². The minimum Gasteiger partial charge on any atom is -0.308 e. The molecule has 0 N–H and O–H groups in total. The van der Waals surface area contributed by atoms with E-state index < -0.39 is 0 Å². The minimum absolute atomic E-state index is 1.10. The molecule has 0 saturated carbocycles. The maximum absolute atomic E-state index is 4.76. The number of rotatable bonds is 4. The van der Waals surface area contributed by atoms with Crippen LogP contribution in [0.5, 0.6) is 0 Å². The molecule has 8 rings (SSSR count). The molecular formula is C39H26N2.